The summed E-state index contributed by atoms with van der Waals surface area (Å²) >= 11 is 0. The van der Waals surface area contributed by atoms with Gasteiger partial charge in [-0.2, -0.15) is 13.2 Å². The predicted octanol–water partition coefficient (Wildman–Crippen LogP) is 3.19. The zero-order valence-corrected chi connectivity index (χ0v) is 12.4. The van der Waals surface area contributed by atoms with Crippen LogP contribution >= 0.6 is 0 Å². The molecule has 122 valence electrons. The maximum atomic E-state index is 13.7. The third-order valence-electron chi connectivity index (χ3n) is 3.87. The monoisotopic (exact) mass is 324 g/mol. The third-order valence-corrected chi connectivity index (χ3v) is 3.87. The number of carbonyl (C=O) groups excluding carboxylic acids is 1. The fraction of sp³-hybridized carbons (Fsp3) is 0.312. The van der Waals surface area contributed by atoms with Gasteiger partial charge in [0, 0.05) is 13.0 Å². The molecule has 1 aliphatic heterocycles. The van der Waals surface area contributed by atoms with E-state index in [0.717, 1.165) is 5.01 Å². The summed E-state index contributed by atoms with van der Waals surface area (Å²) in [6.07, 6.45) is -4.48. The largest absolute Gasteiger partial charge is 0.497 e. The SMILES string of the molecule is COc1cc(C(N2CCC(=O)N2)C(F)(F)F)c2ccccc2c1. The molecule has 1 N–H and O–H groups in total. The summed E-state index contributed by atoms with van der Waals surface area (Å²) < 4.78 is 46.3. The summed E-state index contributed by atoms with van der Waals surface area (Å²) in [5.74, 6) is -0.0649. The molecule has 1 fully saturated rings. The number of alkyl halides is 3. The molecule has 7 heteroatoms. The molecule has 1 heterocycles. The normalized spacial score (nSPS) is 17.3. The van der Waals surface area contributed by atoms with Crippen LogP contribution in [0.25, 0.3) is 10.8 Å². The van der Waals surface area contributed by atoms with Gasteiger partial charge in [-0.25, -0.2) is 5.01 Å². The minimum atomic E-state index is -4.53. The number of ether oxygens (including phenoxy) is 1. The molecule has 1 atom stereocenters. The van der Waals surface area contributed by atoms with Crippen molar-refractivity contribution in [2.75, 3.05) is 13.7 Å². The van der Waals surface area contributed by atoms with E-state index in [0.29, 0.717) is 16.5 Å². The molecular formula is C16H15F3N2O2. The van der Waals surface area contributed by atoms with Gasteiger partial charge in [0.15, 0.2) is 6.04 Å². The topological polar surface area (TPSA) is 41.6 Å². The number of amides is 1. The molecule has 1 amide bonds. The summed E-state index contributed by atoms with van der Waals surface area (Å²) in [7, 11) is 1.41. The molecule has 23 heavy (non-hydrogen) atoms. The van der Waals surface area contributed by atoms with E-state index in [9.17, 15) is 18.0 Å². The number of halogens is 3. The second-order valence-electron chi connectivity index (χ2n) is 5.36. The van der Waals surface area contributed by atoms with Crippen molar-refractivity contribution in [2.45, 2.75) is 18.6 Å². The molecule has 1 aliphatic rings. The number of benzene rings is 2. The maximum absolute atomic E-state index is 13.7. The zero-order chi connectivity index (χ0) is 16.6. The van der Waals surface area contributed by atoms with Crippen molar-refractivity contribution < 1.29 is 22.7 Å². The number of nitrogens with zero attached hydrogens (tertiary/aromatic N) is 1. The summed E-state index contributed by atoms with van der Waals surface area (Å²) in [4.78, 5) is 11.4. The van der Waals surface area contributed by atoms with Crippen LogP contribution in [-0.2, 0) is 4.79 Å². The summed E-state index contributed by atoms with van der Waals surface area (Å²) in [5, 5.41) is 2.09. The van der Waals surface area contributed by atoms with Gasteiger partial charge in [-0.3, -0.25) is 10.2 Å². The first-order chi connectivity index (χ1) is 10.9. The van der Waals surface area contributed by atoms with Gasteiger partial charge >= 0.3 is 6.18 Å². The summed E-state index contributed by atoms with van der Waals surface area (Å²) in [6, 6.07) is 7.96. The van der Waals surface area contributed by atoms with Gasteiger partial charge in [0.1, 0.15) is 5.75 Å². The number of methoxy groups -OCH3 is 1. The van der Waals surface area contributed by atoms with Crippen LogP contribution in [0.15, 0.2) is 36.4 Å². The van der Waals surface area contributed by atoms with Crippen LogP contribution in [0.5, 0.6) is 5.75 Å². The first kappa shape index (κ1) is 15.6. The minimum Gasteiger partial charge on any atom is -0.497 e. The standard InChI is InChI=1S/C16H15F3N2O2/c1-23-11-8-10-4-2-3-5-12(10)13(9-11)15(16(17,18)19)21-7-6-14(22)20-21/h2-5,8-9,15H,6-7H2,1H3,(H,20,22). The van der Waals surface area contributed by atoms with Crippen molar-refractivity contribution in [2.24, 2.45) is 0 Å². The van der Waals surface area contributed by atoms with E-state index in [1.54, 1.807) is 30.3 Å². The Bertz CT molecular complexity index is 746. The summed E-state index contributed by atoms with van der Waals surface area (Å²) in [6.45, 7) is 0.00848. The predicted molar refractivity (Wildman–Crippen MR) is 78.8 cm³/mol. The van der Waals surface area contributed by atoms with Gasteiger partial charge in [-0.1, -0.05) is 24.3 Å². The molecule has 1 saturated heterocycles. The number of hydrazine groups is 1. The lowest BCUT2D eigenvalue weighted by molar-refractivity contribution is -0.190. The highest BCUT2D eigenvalue weighted by Crippen LogP contribution is 2.42. The highest BCUT2D eigenvalue weighted by atomic mass is 19.4. The molecule has 2 aromatic carbocycles. The van der Waals surface area contributed by atoms with Crippen LogP contribution in [0.1, 0.15) is 18.0 Å². The molecule has 3 rings (SSSR count). The van der Waals surface area contributed by atoms with Crippen molar-refractivity contribution in [3.63, 3.8) is 0 Å². The lowest BCUT2D eigenvalue weighted by Crippen LogP contribution is -2.43. The van der Waals surface area contributed by atoms with Crippen LogP contribution in [0.2, 0.25) is 0 Å². The maximum Gasteiger partial charge on any atom is 0.409 e. The second kappa shape index (κ2) is 5.73. The van der Waals surface area contributed by atoms with E-state index in [1.165, 1.54) is 13.2 Å². The number of nitrogens with one attached hydrogen (secondary N) is 1. The molecule has 1 unspecified atom stereocenters. The Kier molecular flexibility index (Phi) is 3.89. The quantitative estimate of drug-likeness (QED) is 0.943. The number of carbonyl (C=O) groups is 1. The van der Waals surface area contributed by atoms with Gasteiger partial charge < -0.3 is 4.74 Å². The Morgan fingerprint density at radius 2 is 2.00 bits per heavy atom. The lowest BCUT2D eigenvalue weighted by Gasteiger charge is -2.30. The molecule has 0 saturated carbocycles. The van der Waals surface area contributed by atoms with Crippen LogP contribution in [0.3, 0.4) is 0 Å². The number of fused-ring (bicyclic) bond motifs is 1. The van der Waals surface area contributed by atoms with E-state index in [2.05, 4.69) is 5.43 Å². The van der Waals surface area contributed by atoms with Gasteiger partial charge in [0.25, 0.3) is 0 Å². The van der Waals surface area contributed by atoms with E-state index in [-0.39, 0.29) is 18.5 Å². The lowest BCUT2D eigenvalue weighted by atomic mass is 9.97. The number of rotatable bonds is 3. The Hall–Kier alpha value is -2.28. The molecule has 2 aromatic rings. The van der Waals surface area contributed by atoms with Crippen LogP contribution in [0, 0.1) is 0 Å². The van der Waals surface area contributed by atoms with E-state index >= 15 is 0 Å². The van der Waals surface area contributed by atoms with Crippen molar-refractivity contribution in [3.05, 3.63) is 42.0 Å². The van der Waals surface area contributed by atoms with Crippen LogP contribution in [-0.4, -0.2) is 30.7 Å². The highest BCUT2D eigenvalue weighted by molar-refractivity contribution is 5.88. The Morgan fingerprint density at radius 1 is 1.26 bits per heavy atom. The van der Waals surface area contributed by atoms with Crippen molar-refractivity contribution in [1.29, 1.82) is 0 Å². The first-order valence-corrected chi connectivity index (χ1v) is 7.09. The molecule has 0 aromatic heterocycles. The van der Waals surface area contributed by atoms with Gasteiger partial charge in [-0.15, -0.1) is 0 Å². The molecule has 0 aliphatic carbocycles. The van der Waals surface area contributed by atoms with E-state index in [1.807, 2.05) is 0 Å². The Labute approximate surface area is 130 Å². The highest BCUT2D eigenvalue weighted by Gasteiger charge is 2.47. The molecule has 0 spiro atoms. The van der Waals surface area contributed by atoms with Crippen molar-refractivity contribution in [3.8, 4) is 5.75 Å². The van der Waals surface area contributed by atoms with Gasteiger partial charge in [0.2, 0.25) is 5.91 Å². The molecule has 4 nitrogen and oxygen atoms in total. The fourth-order valence-corrected chi connectivity index (χ4v) is 2.86. The molecule has 0 radical (unpaired) electrons. The van der Waals surface area contributed by atoms with Crippen molar-refractivity contribution in [1.82, 2.24) is 10.4 Å². The third kappa shape index (κ3) is 2.96. The molecule has 0 bridgehead atoms. The number of hydrogen-bond donors (Lipinski definition) is 1. The van der Waals surface area contributed by atoms with Crippen molar-refractivity contribution >= 4 is 16.7 Å². The van der Waals surface area contributed by atoms with Gasteiger partial charge in [-0.05, 0) is 28.5 Å². The summed E-state index contributed by atoms with van der Waals surface area (Å²) in [5.41, 5.74) is 2.36. The Balaban J connectivity index is 2.19. The first-order valence-electron chi connectivity index (χ1n) is 7.09. The van der Waals surface area contributed by atoms with Crippen LogP contribution in [0.4, 0.5) is 13.2 Å². The van der Waals surface area contributed by atoms with E-state index < -0.39 is 18.1 Å². The zero-order valence-electron chi connectivity index (χ0n) is 12.4. The smallest absolute Gasteiger partial charge is 0.409 e. The average molecular weight is 324 g/mol. The number of hydrogen-bond acceptors (Lipinski definition) is 3. The average Bonchev–Trinajstić information content (AvgIpc) is 2.91. The second-order valence-corrected chi connectivity index (χ2v) is 5.36. The Morgan fingerprint density at radius 3 is 2.61 bits per heavy atom. The minimum absolute atomic E-state index is 0.00848. The molecular weight excluding hydrogens is 309 g/mol. The van der Waals surface area contributed by atoms with E-state index in [4.69, 9.17) is 4.74 Å². The fourth-order valence-electron chi connectivity index (χ4n) is 2.86. The van der Waals surface area contributed by atoms with Gasteiger partial charge in [0.05, 0.1) is 7.11 Å². The van der Waals surface area contributed by atoms with Crippen LogP contribution < -0.4 is 10.2 Å².